The van der Waals surface area contributed by atoms with Gasteiger partial charge in [0, 0.05) is 15.1 Å². The van der Waals surface area contributed by atoms with Gasteiger partial charge in [-0.2, -0.15) is 0 Å². The zero-order valence-electron chi connectivity index (χ0n) is 8.78. The van der Waals surface area contributed by atoms with Gasteiger partial charge < -0.3 is 5.73 Å². The molecule has 2 N–H and O–H groups in total. The van der Waals surface area contributed by atoms with Gasteiger partial charge in [0.05, 0.1) is 0 Å². The molecule has 0 spiro atoms. The number of amides is 1. The minimum absolute atomic E-state index is 0.366. The standard InChI is InChI=1S/C12H13NOS/c1-7(2)11-6-9-5-8(12(13)14)3-4-10(9)15-11/h3-7H,1-2H3,(H2,13,14). The largest absolute Gasteiger partial charge is 0.366 e. The number of thiophene rings is 1. The van der Waals surface area contributed by atoms with Gasteiger partial charge in [-0.05, 0) is 35.6 Å². The molecule has 0 unspecified atom stereocenters. The lowest BCUT2D eigenvalue weighted by Gasteiger charge is -1.96. The Balaban J connectivity index is 2.57. The molecule has 78 valence electrons. The van der Waals surface area contributed by atoms with E-state index in [9.17, 15) is 4.79 Å². The highest BCUT2D eigenvalue weighted by Gasteiger charge is 2.07. The third-order valence-electron chi connectivity index (χ3n) is 2.39. The van der Waals surface area contributed by atoms with Crippen LogP contribution in [0.4, 0.5) is 0 Å². The fraction of sp³-hybridized carbons (Fsp3) is 0.250. The summed E-state index contributed by atoms with van der Waals surface area (Å²) in [4.78, 5) is 12.4. The molecule has 0 bridgehead atoms. The van der Waals surface area contributed by atoms with Crippen LogP contribution in [0.15, 0.2) is 24.3 Å². The number of carbonyl (C=O) groups excluding carboxylic acids is 1. The molecule has 3 heteroatoms. The summed E-state index contributed by atoms with van der Waals surface area (Å²) >= 11 is 1.77. The monoisotopic (exact) mass is 219 g/mol. The number of hydrogen-bond donors (Lipinski definition) is 1. The molecule has 1 heterocycles. The Hall–Kier alpha value is -1.35. The van der Waals surface area contributed by atoms with Crippen LogP contribution in [-0.4, -0.2) is 5.91 Å². The molecule has 2 aromatic rings. The van der Waals surface area contributed by atoms with Crippen LogP contribution >= 0.6 is 11.3 Å². The van der Waals surface area contributed by atoms with E-state index in [2.05, 4.69) is 19.9 Å². The van der Waals surface area contributed by atoms with Crippen molar-refractivity contribution in [2.24, 2.45) is 5.73 Å². The van der Waals surface area contributed by atoms with Crippen LogP contribution in [-0.2, 0) is 0 Å². The van der Waals surface area contributed by atoms with Gasteiger partial charge >= 0.3 is 0 Å². The van der Waals surface area contributed by atoms with Gasteiger partial charge in [0.1, 0.15) is 0 Å². The van der Waals surface area contributed by atoms with Gasteiger partial charge in [0.2, 0.25) is 5.91 Å². The van der Waals surface area contributed by atoms with E-state index in [0.717, 1.165) is 5.39 Å². The summed E-state index contributed by atoms with van der Waals surface area (Å²) in [6, 6.07) is 7.74. The predicted molar refractivity (Wildman–Crippen MR) is 64.4 cm³/mol. The van der Waals surface area contributed by atoms with E-state index in [1.165, 1.54) is 9.58 Å². The number of nitrogens with two attached hydrogens (primary N) is 1. The first-order chi connectivity index (χ1) is 7.08. The van der Waals surface area contributed by atoms with E-state index < -0.39 is 0 Å². The number of fused-ring (bicyclic) bond motifs is 1. The van der Waals surface area contributed by atoms with Crippen LogP contribution in [0.1, 0.15) is 35.0 Å². The summed E-state index contributed by atoms with van der Waals surface area (Å²) in [5, 5.41) is 1.11. The molecule has 0 aliphatic heterocycles. The van der Waals surface area contributed by atoms with Crippen LogP contribution in [0.5, 0.6) is 0 Å². The quantitative estimate of drug-likeness (QED) is 0.828. The highest BCUT2D eigenvalue weighted by Crippen LogP contribution is 2.31. The summed E-state index contributed by atoms with van der Waals surface area (Å²) in [6.07, 6.45) is 0. The van der Waals surface area contributed by atoms with E-state index in [1.54, 1.807) is 17.4 Å². The van der Waals surface area contributed by atoms with Gasteiger partial charge in [-0.3, -0.25) is 4.79 Å². The van der Waals surface area contributed by atoms with Gasteiger partial charge in [0.15, 0.2) is 0 Å². The van der Waals surface area contributed by atoms with Crippen molar-refractivity contribution in [1.29, 1.82) is 0 Å². The summed E-state index contributed by atoms with van der Waals surface area (Å²) in [5.41, 5.74) is 5.82. The molecule has 0 fully saturated rings. The van der Waals surface area contributed by atoms with Crippen LogP contribution in [0.3, 0.4) is 0 Å². The molecule has 1 aromatic carbocycles. The molecule has 0 saturated carbocycles. The second-order valence-corrected chi connectivity index (χ2v) is 5.04. The second-order valence-electron chi connectivity index (χ2n) is 3.92. The lowest BCUT2D eigenvalue weighted by Crippen LogP contribution is -2.10. The van der Waals surface area contributed by atoms with E-state index in [1.807, 2.05) is 12.1 Å². The Kier molecular flexibility index (Phi) is 2.49. The van der Waals surface area contributed by atoms with E-state index >= 15 is 0 Å². The molecule has 2 rings (SSSR count). The summed E-state index contributed by atoms with van der Waals surface area (Å²) in [5.74, 6) is 0.161. The molecule has 0 atom stereocenters. The third-order valence-corrected chi connectivity index (χ3v) is 3.81. The van der Waals surface area contributed by atoms with Crippen LogP contribution in [0, 0.1) is 0 Å². The number of carbonyl (C=O) groups is 1. The smallest absolute Gasteiger partial charge is 0.248 e. The maximum Gasteiger partial charge on any atom is 0.248 e. The Morgan fingerprint density at radius 1 is 1.33 bits per heavy atom. The van der Waals surface area contributed by atoms with Gasteiger partial charge in [-0.25, -0.2) is 0 Å². The SMILES string of the molecule is CC(C)c1cc2cc(C(N)=O)ccc2s1. The molecule has 0 radical (unpaired) electrons. The zero-order chi connectivity index (χ0) is 11.0. The third kappa shape index (κ3) is 1.88. The molecule has 1 aromatic heterocycles. The maximum absolute atomic E-state index is 11.0. The summed E-state index contributed by atoms with van der Waals surface area (Å²) < 4.78 is 1.21. The highest BCUT2D eigenvalue weighted by atomic mass is 32.1. The number of rotatable bonds is 2. The number of primary amides is 1. The molecule has 0 aliphatic carbocycles. The fourth-order valence-corrected chi connectivity index (χ4v) is 2.55. The Morgan fingerprint density at radius 3 is 2.67 bits per heavy atom. The lowest BCUT2D eigenvalue weighted by molar-refractivity contribution is 0.100. The minimum Gasteiger partial charge on any atom is -0.366 e. The molecule has 0 aliphatic rings. The predicted octanol–water partition coefficient (Wildman–Crippen LogP) is 3.12. The normalized spacial score (nSPS) is 11.1. The molecular formula is C12H13NOS. The number of benzene rings is 1. The zero-order valence-corrected chi connectivity index (χ0v) is 9.60. The topological polar surface area (TPSA) is 43.1 Å². The van der Waals surface area contributed by atoms with Gasteiger partial charge in [-0.1, -0.05) is 13.8 Å². The van der Waals surface area contributed by atoms with Crippen LogP contribution < -0.4 is 5.73 Å². The Labute approximate surface area is 92.7 Å². The van der Waals surface area contributed by atoms with Crippen LogP contribution in [0.2, 0.25) is 0 Å². The van der Waals surface area contributed by atoms with Gasteiger partial charge in [-0.15, -0.1) is 11.3 Å². The molecular weight excluding hydrogens is 206 g/mol. The molecule has 15 heavy (non-hydrogen) atoms. The Morgan fingerprint density at radius 2 is 2.07 bits per heavy atom. The summed E-state index contributed by atoms with van der Waals surface area (Å²) in [6.45, 7) is 4.33. The van der Waals surface area contributed by atoms with Crippen LogP contribution in [0.25, 0.3) is 10.1 Å². The molecule has 2 nitrogen and oxygen atoms in total. The van der Waals surface area contributed by atoms with E-state index in [4.69, 9.17) is 5.73 Å². The maximum atomic E-state index is 11.0. The Bertz CT molecular complexity index is 513. The van der Waals surface area contributed by atoms with Crippen molar-refractivity contribution in [3.8, 4) is 0 Å². The van der Waals surface area contributed by atoms with Crippen molar-refractivity contribution in [3.63, 3.8) is 0 Å². The highest BCUT2D eigenvalue weighted by molar-refractivity contribution is 7.19. The number of hydrogen-bond acceptors (Lipinski definition) is 2. The van der Waals surface area contributed by atoms with Crippen molar-refractivity contribution in [2.45, 2.75) is 19.8 Å². The second kappa shape index (κ2) is 3.66. The first-order valence-electron chi connectivity index (χ1n) is 4.91. The first kappa shape index (κ1) is 10.2. The molecule has 1 amide bonds. The van der Waals surface area contributed by atoms with Crippen molar-refractivity contribution < 1.29 is 4.79 Å². The van der Waals surface area contributed by atoms with Crippen molar-refractivity contribution in [3.05, 3.63) is 34.7 Å². The minimum atomic E-state index is -0.366. The van der Waals surface area contributed by atoms with E-state index in [-0.39, 0.29) is 5.91 Å². The lowest BCUT2D eigenvalue weighted by atomic mass is 10.1. The first-order valence-corrected chi connectivity index (χ1v) is 5.73. The van der Waals surface area contributed by atoms with Gasteiger partial charge in [0.25, 0.3) is 0 Å². The van der Waals surface area contributed by atoms with Crippen molar-refractivity contribution >= 4 is 27.3 Å². The van der Waals surface area contributed by atoms with E-state index in [0.29, 0.717) is 11.5 Å². The van der Waals surface area contributed by atoms with Crippen molar-refractivity contribution in [1.82, 2.24) is 0 Å². The fourth-order valence-electron chi connectivity index (χ4n) is 1.50. The molecule has 0 saturated heterocycles. The summed E-state index contributed by atoms with van der Waals surface area (Å²) in [7, 11) is 0. The average Bonchev–Trinajstić information content (AvgIpc) is 2.59. The van der Waals surface area contributed by atoms with Crippen molar-refractivity contribution in [2.75, 3.05) is 0 Å². The average molecular weight is 219 g/mol.